The van der Waals surface area contributed by atoms with Gasteiger partial charge in [-0.2, -0.15) is 0 Å². The summed E-state index contributed by atoms with van der Waals surface area (Å²) in [5, 5.41) is 8.31. The Morgan fingerprint density at radius 2 is 2.11 bits per heavy atom. The topological polar surface area (TPSA) is 96.2 Å². The van der Waals surface area contributed by atoms with Gasteiger partial charge in [-0.05, 0) is 31.2 Å². The van der Waals surface area contributed by atoms with Crippen LogP contribution in [0.2, 0.25) is 0 Å². The monoisotopic (exact) mass is 264 g/mol. The zero-order chi connectivity index (χ0) is 14.3. The summed E-state index contributed by atoms with van der Waals surface area (Å²) in [6.07, 6.45) is 0. The first kappa shape index (κ1) is 15.0. The number of benzene rings is 1. The van der Waals surface area contributed by atoms with Gasteiger partial charge in [0.25, 0.3) is 0 Å². The molecule has 6 heteroatoms. The van der Waals surface area contributed by atoms with Crippen LogP contribution in [0.5, 0.6) is 0 Å². The average molecular weight is 264 g/mol. The molecule has 0 heterocycles. The molecule has 1 rings (SSSR count). The van der Waals surface area contributed by atoms with Gasteiger partial charge in [-0.25, -0.2) is 4.79 Å². The van der Waals surface area contributed by atoms with Gasteiger partial charge in [-0.3, -0.25) is 4.79 Å². The Morgan fingerprint density at radius 1 is 1.37 bits per heavy atom. The molecule has 1 aromatic rings. The van der Waals surface area contributed by atoms with Gasteiger partial charge in [0.05, 0.1) is 6.54 Å². The van der Waals surface area contributed by atoms with Crippen molar-refractivity contribution in [3.05, 3.63) is 29.8 Å². The number of nitrogens with two attached hydrogens (primary N) is 1. The first-order valence-electron chi connectivity index (χ1n) is 6.19. The molecular formula is C13H20N4O2. The van der Waals surface area contributed by atoms with Gasteiger partial charge in [-0.15, -0.1) is 0 Å². The highest BCUT2D eigenvalue weighted by molar-refractivity contribution is 5.91. The lowest BCUT2D eigenvalue weighted by atomic mass is 10.1. The van der Waals surface area contributed by atoms with Crippen LogP contribution in [0.4, 0.5) is 10.5 Å². The van der Waals surface area contributed by atoms with Gasteiger partial charge in [0.1, 0.15) is 0 Å². The van der Waals surface area contributed by atoms with Crippen LogP contribution in [-0.4, -0.2) is 25.0 Å². The fraction of sp³-hybridized carbons (Fsp3) is 0.385. The molecule has 0 aromatic heterocycles. The molecule has 1 unspecified atom stereocenters. The van der Waals surface area contributed by atoms with Gasteiger partial charge in [0.2, 0.25) is 5.91 Å². The molecule has 0 aliphatic heterocycles. The molecule has 104 valence electrons. The summed E-state index contributed by atoms with van der Waals surface area (Å²) in [5.74, 6) is -0.579. The highest BCUT2D eigenvalue weighted by Crippen LogP contribution is 2.17. The second-order valence-electron chi connectivity index (χ2n) is 4.18. The van der Waals surface area contributed by atoms with Gasteiger partial charge in [0, 0.05) is 11.7 Å². The van der Waals surface area contributed by atoms with E-state index in [1.165, 1.54) is 0 Å². The Morgan fingerprint density at radius 3 is 2.74 bits per heavy atom. The normalized spacial score (nSPS) is 11.7. The van der Waals surface area contributed by atoms with E-state index in [4.69, 9.17) is 5.73 Å². The molecule has 0 fully saturated rings. The maximum Gasteiger partial charge on any atom is 0.319 e. The van der Waals surface area contributed by atoms with Crippen LogP contribution in [0.1, 0.15) is 25.5 Å². The molecule has 0 radical (unpaired) electrons. The van der Waals surface area contributed by atoms with Gasteiger partial charge in [-0.1, -0.05) is 19.1 Å². The quantitative estimate of drug-likeness (QED) is 0.616. The van der Waals surface area contributed by atoms with Crippen LogP contribution < -0.4 is 21.7 Å². The third-order valence-electron chi connectivity index (χ3n) is 2.58. The molecule has 0 spiro atoms. The minimum Gasteiger partial charge on any atom is -0.368 e. The highest BCUT2D eigenvalue weighted by atomic mass is 16.2. The first-order valence-corrected chi connectivity index (χ1v) is 6.19. The van der Waals surface area contributed by atoms with Crippen LogP contribution in [0, 0.1) is 0 Å². The molecule has 0 aliphatic rings. The van der Waals surface area contributed by atoms with Crippen LogP contribution >= 0.6 is 0 Å². The third kappa shape index (κ3) is 5.39. The summed E-state index contributed by atoms with van der Waals surface area (Å²) in [4.78, 5) is 22.0. The smallest absolute Gasteiger partial charge is 0.319 e. The Bertz CT molecular complexity index is 448. The summed E-state index contributed by atoms with van der Waals surface area (Å²) < 4.78 is 0. The van der Waals surface area contributed by atoms with Crippen molar-refractivity contribution in [3.8, 4) is 0 Å². The zero-order valence-corrected chi connectivity index (χ0v) is 11.2. The van der Waals surface area contributed by atoms with Crippen LogP contribution in [0.15, 0.2) is 24.3 Å². The number of urea groups is 1. The van der Waals surface area contributed by atoms with Gasteiger partial charge in [0.15, 0.2) is 0 Å². The van der Waals surface area contributed by atoms with E-state index in [0.717, 1.165) is 12.1 Å². The number of hydrogen-bond acceptors (Lipinski definition) is 3. The van der Waals surface area contributed by atoms with E-state index >= 15 is 0 Å². The number of primary amides is 1. The highest BCUT2D eigenvalue weighted by Gasteiger charge is 2.06. The number of anilines is 1. The second kappa shape index (κ2) is 7.38. The number of amides is 3. The van der Waals surface area contributed by atoms with Crippen molar-refractivity contribution in [2.75, 3.05) is 18.4 Å². The fourth-order valence-corrected chi connectivity index (χ4v) is 1.65. The van der Waals surface area contributed by atoms with E-state index in [1.54, 1.807) is 6.07 Å². The van der Waals surface area contributed by atoms with Crippen molar-refractivity contribution >= 4 is 17.6 Å². The third-order valence-corrected chi connectivity index (χ3v) is 2.58. The number of carbonyl (C=O) groups is 2. The molecular weight excluding hydrogens is 244 g/mol. The molecule has 19 heavy (non-hydrogen) atoms. The standard InChI is InChI=1S/C13H20N4O2/c1-3-15-9(2)10-5-4-6-11(7-10)17-13(19)16-8-12(14)18/h4-7,9,15H,3,8H2,1-2H3,(H2,14,18)(H2,16,17,19). The van der Waals surface area contributed by atoms with Crippen LogP contribution in [0.3, 0.4) is 0 Å². The average Bonchev–Trinajstić information content (AvgIpc) is 2.37. The minimum atomic E-state index is -0.579. The van der Waals surface area contributed by atoms with Crippen molar-refractivity contribution in [1.29, 1.82) is 0 Å². The van der Waals surface area contributed by atoms with E-state index in [2.05, 4.69) is 22.9 Å². The molecule has 0 saturated carbocycles. The first-order chi connectivity index (χ1) is 9.02. The Balaban J connectivity index is 2.61. The molecule has 1 atom stereocenters. The molecule has 1 aromatic carbocycles. The predicted molar refractivity (Wildman–Crippen MR) is 74.7 cm³/mol. The SMILES string of the molecule is CCNC(C)c1cccc(NC(=O)NCC(N)=O)c1. The van der Waals surface area contributed by atoms with E-state index in [9.17, 15) is 9.59 Å². The largest absolute Gasteiger partial charge is 0.368 e. The second-order valence-corrected chi connectivity index (χ2v) is 4.18. The van der Waals surface area contributed by atoms with E-state index in [-0.39, 0.29) is 12.6 Å². The summed E-state index contributed by atoms with van der Waals surface area (Å²) >= 11 is 0. The van der Waals surface area contributed by atoms with E-state index in [1.807, 2.05) is 25.1 Å². The number of hydrogen-bond donors (Lipinski definition) is 4. The molecule has 0 aliphatic carbocycles. The van der Waals surface area contributed by atoms with Crippen molar-refractivity contribution < 1.29 is 9.59 Å². The maximum atomic E-state index is 11.5. The maximum absolute atomic E-state index is 11.5. The Kier molecular flexibility index (Phi) is 5.81. The lowest BCUT2D eigenvalue weighted by Gasteiger charge is -2.14. The van der Waals surface area contributed by atoms with Gasteiger partial charge < -0.3 is 21.7 Å². The lowest BCUT2D eigenvalue weighted by molar-refractivity contribution is -0.117. The minimum absolute atomic E-state index is 0.181. The van der Waals surface area contributed by atoms with Crippen molar-refractivity contribution in [2.45, 2.75) is 19.9 Å². The number of carbonyl (C=O) groups excluding carboxylic acids is 2. The summed E-state index contributed by atoms with van der Waals surface area (Å²) in [6, 6.07) is 7.28. The van der Waals surface area contributed by atoms with Crippen LogP contribution in [0.25, 0.3) is 0 Å². The summed E-state index contributed by atoms with van der Waals surface area (Å²) in [6.45, 7) is 4.78. The summed E-state index contributed by atoms with van der Waals surface area (Å²) in [5.41, 5.74) is 6.69. The summed E-state index contributed by atoms with van der Waals surface area (Å²) in [7, 11) is 0. The number of rotatable bonds is 6. The lowest BCUT2D eigenvalue weighted by Crippen LogP contribution is -2.36. The fourth-order valence-electron chi connectivity index (χ4n) is 1.65. The Hall–Kier alpha value is -2.08. The zero-order valence-electron chi connectivity index (χ0n) is 11.2. The molecule has 3 amide bonds. The molecule has 6 nitrogen and oxygen atoms in total. The predicted octanol–water partition coefficient (Wildman–Crippen LogP) is 0.964. The Labute approximate surface area is 112 Å². The van der Waals surface area contributed by atoms with Crippen molar-refractivity contribution in [2.24, 2.45) is 5.73 Å². The van der Waals surface area contributed by atoms with E-state index < -0.39 is 11.9 Å². The molecule has 0 bridgehead atoms. The van der Waals surface area contributed by atoms with E-state index in [0.29, 0.717) is 5.69 Å². The van der Waals surface area contributed by atoms with Gasteiger partial charge >= 0.3 is 6.03 Å². The van der Waals surface area contributed by atoms with Crippen molar-refractivity contribution in [1.82, 2.24) is 10.6 Å². The molecule has 0 saturated heterocycles. The molecule has 5 N–H and O–H groups in total. The van der Waals surface area contributed by atoms with Crippen molar-refractivity contribution in [3.63, 3.8) is 0 Å². The number of nitrogens with one attached hydrogen (secondary N) is 3. The van der Waals surface area contributed by atoms with Crippen LogP contribution in [-0.2, 0) is 4.79 Å².